The Morgan fingerprint density at radius 3 is 2.41 bits per heavy atom. The van der Waals surface area contributed by atoms with Gasteiger partial charge in [0.2, 0.25) is 0 Å². The predicted octanol–water partition coefficient (Wildman–Crippen LogP) is 6.58. The molecule has 0 aliphatic heterocycles. The van der Waals surface area contributed by atoms with Gasteiger partial charge in [0, 0.05) is 0 Å². The number of thiazole rings is 1. The average Bonchev–Trinajstić information content (AvgIpc) is 3.30. The molecule has 3 aromatic carbocycles. The molecular weight excluding hydrogens is 444 g/mol. The number of fused-ring (bicyclic) bond motifs is 1. The van der Waals surface area contributed by atoms with Gasteiger partial charge in [0.1, 0.15) is 11.5 Å². The van der Waals surface area contributed by atoms with E-state index in [4.69, 9.17) is 19.5 Å². The first-order valence-electron chi connectivity index (χ1n) is 11.4. The van der Waals surface area contributed by atoms with Gasteiger partial charge in [0.05, 0.1) is 35.3 Å². The normalized spacial score (nSPS) is 11.8. The quantitative estimate of drug-likeness (QED) is 0.123. The van der Waals surface area contributed by atoms with Crippen molar-refractivity contribution >= 4 is 39.3 Å². The third kappa shape index (κ3) is 6.42. The van der Waals surface area contributed by atoms with Crippen molar-refractivity contribution in [2.75, 3.05) is 13.2 Å². The van der Waals surface area contributed by atoms with Gasteiger partial charge in [-0.05, 0) is 79.6 Å². The lowest BCUT2D eigenvalue weighted by Crippen LogP contribution is -2.18. The van der Waals surface area contributed by atoms with Crippen LogP contribution in [0.5, 0.6) is 11.5 Å². The zero-order chi connectivity index (χ0) is 23.6. The summed E-state index contributed by atoms with van der Waals surface area (Å²) in [6, 6.07) is 23.6. The molecule has 0 bridgehead atoms. The summed E-state index contributed by atoms with van der Waals surface area (Å²) in [5.41, 5.74) is 5.78. The van der Waals surface area contributed by atoms with Crippen LogP contribution in [0.15, 0.2) is 82.9 Å². The molecular formula is C27H28N4O2S. The van der Waals surface area contributed by atoms with Gasteiger partial charge in [-0.2, -0.15) is 5.10 Å². The molecule has 0 fully saturated rings. The molecule has 0 saturated heterocycles. The molecule has 0 aliphatic carbocycles. The van der Waals surface area contributed by atoms with E-state index in [1.54, 1.807) is 17.6 Å². The highest BCUT2D eigenvalue weighted by Crippen LogP contribution is 2.24. The molecule has 1 N–H and O–H groups in total. The van der Waals surface area contributed by atoms with Crippen molar-refractivity contribution in [1.29, 1.82) is 0 Å². The van der Waals surface area contributed by atoms with Crippen LogP contribution in [0.2, 0.25) is 0 Å². The van der Waals surface area contributed by atoms with Crippen molar-refractivity contribution in [2.24, 2.45) is 10.1 Å². The van der Waals surface area contributed by atoms with Crippen LogP contribution >= 0.6 is 11.3 Å². The summed E-state index contributed by atoms with van der Waals surface area (Å²) in [5, 5.41) is 5.20. The Hall–Kier alpha value is -3.71. The second-order valence-electron chi connectivity index (χ2n) is 7.52. The number of hydrogen-bond acceptors (Lipinski definition) is 6. The van der Waals surface area contributed by atoms with Crippen molar-refractivity contribution < 1.29 is 9.47 Å². The molecule has 0 saturated carbocycles. The number of aromatic nitrogens is 1. The van der Waals surface area contributed by atoms with E-state index in [2.05, 4.69) is 23.5 Å². The Morgan fingerprint density at radius 2 is 1.68 bits per heavy atom. The van der Waals surface area contributed by atoms with Crippen molar-refractivity contribution in [3.8, 4) is 11.5 Å². The lowest BCUT2D eigenvalue weighted by atomic mass is 10.2. The van der Waals surface area contributed by atoms with Crippen LogP contribution < -0.4 is 14.9 Å². The Bertz CT molecular complexity index is 1210. The number of amidine groups is 1. The molecule has 1 heterocycles. The van der Waals surface area contributed by atoms with Crippen molar-refractivity contribution in [3.63, 3.8) is 0 Å². The van der Waals surface area contributed by atoms with Crippen LogP contribution in [0.1, 0.15) is 37.3 Å². The molecule has 0 spiro atoms. The van der Waals surface area contributed by atoms with Crippen molar-refractivity contribution in [3.05, 3.63) is 83.4 Å². The summed E-state index contributed by atoms with van der Waals surface area (Å²) in [7, 11) is 0. The van der Waals surface area contributed by atoms with E-state index >= 15 is 0 Å². The number of aliphatic imine (C=N–C) groups is 1. The minimum absolute atomic E-state index is 0.584. The Labute approximate surface area is 204 Å². The van der Waals surface area contributed by atoms with E-state index in [9.17, 15) is 0 Å². The number of nitrogens with zero attached hydrogens (tertiary/aromatic N) is 3. The van der Waals surface area contributed by atoms with Crippen molar-refractivity contribution in [1.82, 2.24) is 10.4 Å². The van der Waals surface area contributed by atoms with Gasteiger partial charge in [-0.15, -0.1) is 11.3 Å². The molecule has 7 heteroatoms. The van der Waals surface area contributed by atoms with E-state index in [-0.39, 0.29) is 0 Å². The monoisotopic (exact) mass is 472 g/mol. The fraction of sp³-hybridized carbons (Fsp3) is 0.222. The Kier molecular flexibility index (Phi) is 8.24. The van der Waals surface area contributed by atoms with Gasteiger partial charge in [0.25, 0.3) is 0 Å². The largest absolute Gasteiger partial charge is 0.494 e. The molecule has 174 valence electrons. The highest BCUT2D eigenvalue weighted by atomic mass is 32.1. The summed E-state index contributed by atoms with van der Waals surface area (Å²) < 4.78 is 12.4. The highest BCUT2D eigenvalue weighted by molar-refractivity contribution is 7.20. The minimum atomic E-state index is 0.584. The lowest BCUT2D eigenvalue weighted by molar-refractivity contribution is 0.309. The summed E-state index contributed by atoms with van der Waals surface area (Å²) >= 11 is 1.57. The van der Waals surface area contributed by atoms with E-state index < -0.39 is 0 Å². The third-order valence-electron chi connectivity index (χ3n) is 4.92. The number of nitrogens with one attached hydrogen (secondary N) is 1. The topological polar surface area (TPSA) is 68.1 Å². The van der Waals surface area contributed by atoms with Gasteiger partial charge in [0.15, 0.2) is 10.8 Å². The molecule has 6 nitrogen and oxygen atoms in total. The van der Waals surface area contributed by atoms with Gasteiger partial charge < -0.3 is 9.47 Å². The standard InChI is InChI=1S/C27H28N4O2S/c1-3-5-18-33-23-14-10-20(11-15-23)19-28-31-26(27-30-24-8-6-7-9-25(24)34-27)29-21-12-16-22(17-13-21)32-4-2/h6-17,19H,3-5,18H2,1-2H3,(H,29,31). The highest BCUT2D eigenvalue weighted by Gasteiger charge is 2.10. The van der Waals surface area contributed by atoms with E-state index in [0.717, 1.165) is 57.4 Å². The first-order chi connectivity index (χ1) is 16.7. The first kappa shape index (κ1) is 23.4. The molecule has 34 heavy (non-hydrogen) atoms. The lowest BCUT2D eigenvalue weighted by Gasteiger charge is -2.06. The minimum Gasteiger partial charge on any atom is -0.494 e. The third-order valence-corrected chi connectivity index (χ3v) is 5.96. The molecule has 0 amide bonds. The fourth-order valence-electron chi connectivity index (χ4n) is 3.16. The summed E-state index contributed by atoms with van der Waals surface area (Å²) in [4.78, 5) is 9.52. The van der Waals surface area contributed by atoms with Gasteiger partial charge in [-0.1, -0.05) is 25.5 Å². The summed E-state index contributed by atoms with van der Waals surface area (Å²) in [6.45, 7) is 5.48. The maximum Gasteiger partial charge on any atom is 0.183 e. The zero-order valence-corrected chi connectivity index (χ0v) is 20.2. The van der Waals surface area contributed by atoms with Crippen molar-refractivity contribution in [2.45, 2.75) is 26.7 Å². The number of para-hydroxylation sites is 1. The Morgan fingerprint density at radius 1 is 0.941 bits per heavy atom. The van der Waals surface area contributed by atoms with Crippen LogP contribution in [0.3, 0.4) is 0 Å². The number of hydrazone groups is 1. The second kappa shape index (κ2) is 12.0. The number of unbranched alkanes of at least 4 members (excludes halogenated alkanes) is 1. The molecule has 0 radical (unpaired) electrons. The second-order valence-corrected chi connectivity index (χ2v) is 8.55. The molecule has 1 aromatic heterocycles. The van der Waals surface area contributed by atoms with Crippen LogP contribution in [0, 0.1) is 0 Å². The summed E-state index contributed by atoms with van der Waals surface area (Å²) in [6.07, 6.45) is 3.93. The Balaban J connectivity index is 1.53. The van der Waals surface area contributed by atoms with E-state index in [1.165, 1.54) is 0 Å². The van der Waals surface area contributed by atoms with Crippen LogP contribution in [0.4, 0.5) is 5.69 Å². The van der Waals surface area contributed by atoms with Gasteiger partial charge >= 0.3 is 0 Å². The van der Waals surface area contributed by atoms with Gasteiger partial charge in [-0.25, -0.2) is 9.98 Å². The molecule has 0 unspecified atom stereocenters. The number of benzene rings is 3. The zero-order valence-electron chi connectivity index (χ0n) is 19.4. The smallest absolute Gasteiger partial charge is 0.183 e. The average molecular weight is 473 g/mol. The van der Waals surface area contributed by atoms with E-state index in [0.29, 0.717) is 12.4 Å². The molecule has 0 atom stereocenters. The van der Waals surface area contributed by atoms with Gasteiger partial charge in [-0.3, -0.25) is 5.43 Å². The first-order valence-corrected chi connectivity index (χ1v) is 12.3. The molecule has 4 rings (SSSR count). The SMILES string of the molecule is CCCCOc1ccc(C=NNC(=Nc2ccc(OCC)cc2)c2nc3ccccc3s2)cc1. The van der Waals surface area contributed by atoms with Crippen LogP contribution in [0.25, 0.3) is 10.2 Å². The molecule has 0 aliphatic rings. The maximum absolute atomic E-state index is 5.73. The van der Waals surface area contributed by atoms with E-state index in [1.807, 2.05) is 73.7 Å². The number of ether oxygens (including phenoxy) is 2. The predicted molar refractivity (Wildman–Crippen MR) is 141 cm³/mol. The number of hydrogen-bond donors (Lipinski definition) is 1. The van der Waals surface area contributed by atoms with Crippen LogP contribution in [-0.2, 0) is 0 Å². The maximum atomic E-state index is 5.73. The fourth-order valence-corrected chi connectivity index (χ4v) is 4.06. The summed E-state index contributed by atoms with van der Waals surface area (Å²) in [5.74, 6) is 2.27. The van der Waals surface area contributed by atoms with Crippen LogP contribution in [-0.4, -0.2) is 30.2 Å². The molecule has 4 aromatic rings. The number of rotatable bonds is 10.